The molecule has 25 heavy (non-hydrogen) atoms. The molecule has 2 aromatic carbocycles. The number of carbonyl (C=O) groups excluding carboxylic acids is 1. The van der Waals surface area contributed by atoms with Crippen molar-refractivity contribution in [2.45, 2.75) is 24.2 Å². The number of amides is 1. The van der Waals surface area contributed by atoms with Gasteiger partial charge in [-0.05, 0) is 49.6 Å². The number of anilines is 1. The molecule has 5 nitrogen and oxygen atoms in total. The summed E-state index contributed by atoms with van der Waals surface area (Å²) >= 11 is 6.02. The van der Waals surface area contributed by atoms with Gasteiger partial charge < -0.3 is 4.90 Å². The third-order valence-electron chi connectivity index (χ3n) is 4.15. The van der Waals surface area contributed by atoms with E-state index in [4.69, 9.17) is 11.6 Å². The zero-order valence-electron chi connectivity index (χ0n) is 13.6. The van der Waals surface area contributed by atoms with E-state index < -0.39 is 10.0 Å². The van der Waals surface area contributed by atoms with Crippen molar-refractivity contribution in [3.8, 4) is 0 Å². The van der Waals surface area contributed by atoms with Gasteiger partial charge in [-0.15, -0.1) is 0 Å². The number of sulfonamides is 1. The summed E-state index contributed by atoms with van der Waals surface area (Å²) in [6.45, 7) is 1.37. The fourth-order valence-electron chi connectivity index (χ4n) is 2.86. The minimum absolute atomic E-state index is 0.131. The number of carbonyl (C=O) groups is 1. The fraction of sp³-hybridized carbons (Fsp3) is 0.278. The summed E-state index contributed by atoms with van der Waals surface area (Å²) in [7, 11) is -3.80. The van der Waals surface area contributed by atoms with Crippen LogP contribution in [0.25, 0.3) is 0 Å². The number of hydrogen-bond acceptors (Lipinski definition) is 3. The molecule has 1 heterocycles. The Labute approximate surface area is 152 Å². The second kappa shape index (κ2) is 7.45. The van der Waals surface area contributed by atoms with Crippen LogP contribution in [0, 0.1) is 0 Å². The Bertz CT molecular complexity index is 863. The van der Waals surface area contributed by atoms with Gasteiger partial charge in [0, 0.05) is 18.1 Å². The van der Waals surface area contributed by atoms with E-state index in [-0.39, 0.29) is 16.5 Å². The summed E-state index contributed by atoms with van der Waals surface area (Å²) in [6, 6.07) is 12.7. The van der Waals surface area contributed by atoms with Crippen molar-refractivity contribution in [1.82, 2.24) is 4.90 Å². The Morgan fingerprint density at radius 2 is 1.68 bits per heavy atom. The Balaban J connectivity index is 1.93. The smallest absolute Gasteiger partial charge is 0.261 e. The van der Waals surface area contributed by atoms with Crippen molar-refractivity contribution in [3.63, 3.8) is 0 Å². The second-order valence-electron chi connectivity index (χ2n) is 5.96. The highest BCUT2D eigenvalue weighted by molar-refractivity contribution is 7.92. The molecule has 1 fully saturated rings. The summed E-state index contributed by atoms with van der Waals surface area (Å²) in [6.07, 6.45) is 3.03. The van der Waals surface area contributed by atoms with Gasteiger partial charge in [-0.3, -0.25) is 9.52 Å². The van der Waals surface area contributed by atoms with Gasteiger partial charge in [0.25, 0.3) is 15.9 Å². The molecule has 1 aliphatic heterocycles. The zero-order valence-corrected chi connectivity index (χ0v) is 15.2. The third-order valence-corrected chi connectivity index (χ3v) is 5.77. The molecule has 2 aromatic rings. The maximum atomic E-state index is 12.8. The lowest BCUT2D eigenvalue weighted by molar-refractivity contribution is 0.0725. The number of benzene rings is 2. The predicted molar refractivity (Wildman–Crippen MR) is 98.5 cm³/mol. The molecule has 132 valence electrons. The van der Waals surface area contributed by atoms with Crippen LogP contribution in [-0.2, 0) is 10.0 Å². The summed E-state index contributed by atoms with van der Waals surface area (Å²) < 4.78 is 27.7. The summed E-state index contributed by atoms with van der Waals surface area (Å²) in [5.74, 6) is -0.179. The van der Waals surface area contributed by atoms with Crippen LogP contribution in [0.4, 0.5) is 5.69 Å². The normalized spacial score (nSPS) is 15.0. The van der Waals surface area contributed by atoms with E-state index in [2.05, 4.69) is 4.72 Å². The number of hydrogen-bond donors (Lipinski definition) is 1. The quantitative estimate of drug-likeness (QED) is 0.880. The lowest BCUT2D eigenvalue weighted by atomic mass is 10.1. The van der Waals surface area contributed by atoms with Gasteiger partial charge in [0.15, 0.2) is 0 Å². The van der Waals surface area contributed by atoms with Gasteiger partial charge in [0.2, 0.25) is 0 Å². The van der Waals surface area contributed by atoms with Crippen LogP contribution in [0.15, 0.2) is 53.4 Å². The molecule has 0 atom stereocenters. The minimum atomic E-state index is -3.80. The molecule has 7 heteroatoms. The fourth-order valence-corrected chi connectivity index (χ4v) is 4.12. The Morgan fingerprint density at radius 3 is 2.36 bits per heavy atom. The largest absolute Gasteiger partial charge is 0.339 e. The number of nitrogens with zero attached hydrogens (tertiary/aromatic N) is 1. The van der Waals surface area contributed by atoms with E-state index in [0.29, 0.717) is 23.7 Å². The molecule has 1 aliphatic rings. The highest BCUT2D eigenvalue weighted by atomic mass is 35.5. The second-order valence-corrected chi connectivity index (χ2v) is 8.08. The monoisotopic (exact) mass is 378 g/mol. The predicted octanol–water partition coefficient (Wildman–Crippen LogP) is 3.77. The summed E-state index contributed by atoms with van der Waals surface area (Å²) in [5, 5.41) is 0.362. The Morgan fingerprint density at radius 1 is 1.00 bits per heavy atom. The van der Waals surface area contributed by atoms with Crippen molar-refractivity contribution in [1.29, 1.82) is 0 Å². The van der Waals surface area contributed by atoms with Crippen LogP contribution in [-0.4, -0.2) is 32.3 Å². The molecule has 0 aliphatic carbocycles. The molecular weight excluding hydrogens is 360 g/mol. The van der Waals surface area contributed by atoms with Gasteiger partial charge in [-0.2, -0.15) is 0 Å². The van der Waals surface area contributed by atoms with E-state index in [0.717, 1.165) is 19.3 Å². The summed E-state index contributed by atoms with van der Waals surface area (Å²) in [4.78, 5) is 14.7. The highest BCUT2D eigenvalue weighted by Gasteiger charge is 2.23. The molecule has 0 saturated carbocycles. The maximum absolute atomic E-state index is 12.8. The van der Waals surface area contributed by atoms with Crippen LogP contribution in [0.2, 0.25) is 5.02 Å². The number of rotatable bonds is 4. The van der Waals surface area contributed by atoms with Crippen molar-refractivity contribution in [2.24, 2.45) is 0 Å². The molecule has 0 unspecified atom stereocenters. The van der Waals surface area contributed by atoms with Crippen LogP contribution in [0.1, 0.15) is 29.6 Å². The van der Waals surface area contributed by atoms with E-state index in [1.807, 2.05) is 0 Å². The number of likely N-dealkylation sites (tertiary alicyclic amines) is 1. The van der Waals surface area contributed by atoms with Crippen molar-refractivity contribution in [3.05, 3.63) is 59.1 Å². The van der Waals surface area contributed by atoms with E-state index in [1.165, 1.54) is 18.2 Å². The first-order valence-electron chi connectivity index (χ1n) is 8.14. The van der Waals surface area contributed by atoms with Gasteiger partial charge in [-0.25, -0.2) is 8.42 Å². The lowest BCUT2D eigenvalue weighted by Gasteiger charge is -2.27. The molecule has 1 N–H and O–H groups in total. The first-order chi connectivity index (χ1) is 12.0. The van der Waals surface area contributed by atoms with Crippen molar-refractivity contribution in [2.75, 3.05) is 17.8 Å². The molecule has 0 bridgehead atoms. The molecule has 1 saturated heterocycles. The molecule has 3 rings (SSSR count). The zero-order chi connectivity index (χ0) is 17.9. The van der Waals surface area contributed by atoms with Crippen molar-refractivity contribution < 1.29 is 13.2 Å². The van der Waals surface area contributed by atoms with Crippen LogP contribution >= 0.6 is 11.6 Å². The van der Waals surface area contributed by atoms with Gasteiger partial charge in [-0.1, -0.05) is 29.8 Å². The van der Waals surface area contributed by atoms with Gasteiger partial charge in [0.1, 0.15) is 0 Å². The molecular formula is C18H19ClN2O3S. The Hall–Kier alpha value is -2.05. The molecule has 0 spiro atoms. The highest BCUT2D eigenvalue weighted by Crippen LogP contribution is 2.26. The first kappa shape index (κ1) is 17.8. The molecule has 0 radical (unpaired) electrons. The molecule has 1 amide bonds. The topological polar surface area (TPSA) is 66.5 Å². The molecule has 0 aromatic heterocycles. The van der Waals surface area contributed by atoms with Crippen LogP contribution in [0.3, 0.4) is 0 Å². The summed E-state index contributed by atoms with van der Waals surface area (Å²) in [5.41, 5.74) is 0.512. The SMILES string of the molecule is O=C(c1ccc(Cl)cc1NS(=O)(=O)c1ccccc1)N1CCCCC1. The third kappa shape index (κ3) is 4.14. The minimum Gasteiger partial charge on any atom is -0.339 e. The Kier molecular flexibility index (Phi) is 5.30. The van der Waals surface area contributed by atoms with Crippen LogP contribution in [0.5, 0.6) is 0 Å². The van der Waals surface area contributed by atoms with Crippen LogP contribution < -0.4 is 4.72 Å². The lowest BCUT2D eigenvalue weighted by Crippen LogP contribution is -2.36. The average molecular weight is 379 g/mol. The first-order valence-corrected chi connectivity index (χ1v) is 10.0. The van der Waals surface area contributed by atoms with Gasteiger partial charge in [0.05, 0.1) is 16.1 Å². The van der Waals surface area contributed by atoms with E-state index in [9.17, 15) is 13.2 Å². The number of halogens is 1. The average Bonchev–Trinajstić information content (AvgIpc) is 2.62. The standard InChI is InChI=1S/C18H19ClN2O3S/c19-14-9-10-16(18(22)21-11-5-2-6-12-21)17(13-14)20-25(23,24)15-7-3-1-4-8-15/h1,3-4,7-10,13,20H,2,5-6,11-12H2. The number of piperidine rings is 1. The maximum Gasteiger partial charge on any atom is 0.261 e. The van der Waals surface area contributed by atoms with E-state index >= 15 is 0 Å². The van der Waals surface area contributed by atoms with Crippen molar-refractivity contribution >= 4 is 33.2 Å². The number of nitrogens with one attached hydrogen (secondary N) is 1. The van der Waals surface area contributed by atoms with Gasteiger partial charge >= 0.3 is 0 Å². The van der Waals surface area contributed by atoms with E-state index in [1.54, 1.807) is 35.2 Å².